The van der Waals surface area contributed by atoms with Crippen LogP contribution in [0.25, 0.3) is 0 Å². The molecular weight excluding hydrogens is 195 g/mol. The third kappa shape index (κ3) is 3.55. The van der Waals surface area contributed by atoms with E-state index in [4.69, 9.17) is 0 Å². The zero-order chi connectivity index (χ0) is 10.8. The van der Waals surface area contributed by atoms with Gasteiger partial charge in [0.2, 0.25) is 5.91 Å². The lowest BCUT2D eigenvalue weighted by Gasteiger charge is -2.31. The monoisotopic (exact) mass is 209 g/mol. The van der Waals surface area contributed by atoms with E-state index < -0.39 is 12.6 Å². The Morgan fingerprint density at radius 3 is 2.21 bits per heavy atom. The van der Waals surface area contributed by atoms with Crippen LogP contribution in [0, 0.1) is 5.92 Å². The highest BCUT2D eigenvalue weighted by atomic mass is 19.4. The summed E-state index contributed by atoms with van der Waals surface area (Å²) >= 11 is 0. The molecule has 0 spiro atoms. The molecule has 0 unspecified atom stereocenters. The Morgan fingerprint density at radius 1 is 1.36 bits per heavy atom. The summed E-state index contributed by atoms with van der Waals surface area (Å²) in [6.45, 7) is 2.39. The van der Waals surface area contributed by atoms with Crippen LogP contribution in [0.15, 0.2) is 0 Å². The van der Waals surface area contributed by atoms with E-state index in [0.717, 1.165) is 0 Å². The van der Waals surface area contributed by atoms with E-state index in [1.165, 1.54) is 6.92 Å². The van der Waals surface area contributed by atoms with Crippen molar-refractivity contribution in [3.8, 4) is 0 Å². The quantitative estimate of drug-likeness (QED) is 0.648. The molecule has 0 aromatic carbocycles. The van der Waals surface area contributed by atoms with Gasteiger partial charge in [-0.05, 0) is 18.8 Å². The maximum atomic E-state index is 12.0. The smallest absolute Gasteiger partial charge is 0.343 e. The predicted octanol–water partition coefficient (Wildman–Crippen LogP) is 2.20. The molecule has 0 N–H and O–H groups in total. The molecule has 0 bridgehead atoms. The van der Waals surface area contributed by atoms with Gasteiger partial charge in [0, 0.05) is 26.4 Å². The molecule has 1 saturated heterocycles. The Bertz CT molecular complexity index is 207. The van der Waals surface area contributed by atoms with Gasteiger partial charge < -0.3 is 4.90 Å². The SMILES string of the molecule is CC(=O)N1CCC(CC(F)(F)F)CC1. The lowest BCUT2D eigenvalue weighted by Crippen LogP contribution is -2.38. The number of halogens is 3. The van der Waals surface area contributed by atoms with Crippen LogP contribution in [-0.4, -0.2) is 30.1 Å². The van der Waals surface area contributed by atoms with Crippen molar-refractivity contribution < 1.29 is 18.0 Å². The fourth-order valence-electron chi connectivity index (χ4n) is 1.78. The molecule has 2 nitrogen and oxygen atoms in total. The van der Waals surface area contributed by atoms with Gasteiger partial charge >= 0.3 is 6.18 Å². The fraction of sp³-hybridized carbons (Fsp3) is 0.889. The molecule has 1 aliphatic heterocycles. The van der Waals surface area contributed by atoms with Gasteiger partial charge in [0.15, 0.2) is 0 Å². The molecule has 5 heteroatoms. The van der Waals surface area contributed by atoms with Gasteiger partial charge in [0.25, 0.3) is 0 Å². The first-order valence-corrected chi connectivity index (χ1v) is 4.71. The van der Waals surface area contributed by atoms with Gasteiger partial charge in [-0.3, -0.25) is 4.79 Å². The van der Waals surface area contributed by atoms with Crippen molar-refractivity contribution in [1.82, 2.24) is 4.90 Å². The molecule has 0 radical (unpaired) electrons. The van der Waals surface area contributed by atoms with Crippen LogP contribution >= 0.6 is 0 Å². The van der Waals surface area contributed by atoms with E-state index in [1.807, 2.05) is 0 Å². The lowest BCUT2D eigenvalue weighted by atomic mass is 9.93. The largest absolute Gasteiger partial charge is 0.389 e. The molecule has 1 fully saturated rings. The number of nitrogens with zero attached hydrogens (tertiary/aromatic N) is 1. The summed E-state index contributed by atoms with van der Waals surface area (Å²) in [5.41, 5.74) is 0. The van der Waals surface area contributed by atoms with Crippen LogP contribution in [0.1, 0.15) is 26.2 Å². The second-order valence-electron chi connectivity index (χ2n) is 3.77. The molecule has 1 rings (SSSR count). The minimum atomic E-state index is -4.07. The molecule has 0 aromatic heterocycles. The second kappa shape index (κ2) is 4.19. The van der Waals surface area contributed by atoms with Crippen molar-refractivity contribution in [2.75, 3.05) is 13.1 Å². The molecule has 0 saturated carbocycles. The zero-order valence-corrected chi connectivity index (χ0v) is 8.10. The second-order valence-corrected chi connectivity index (χ2v) is 3.77. The first-order valence-electron chi connectivity index (χ1n) is 4.71. The molecular formula is C9H14F3NO. The Hall–Kier alpha value is -0.740. The topological polar surface area (TPSA) is 20.3 Å². The van der Waals surface area contributed by atoms with Gasteiger partial charge in [0.05, 0.1) is 0 Å². The van der Waals surface area contributed by atoms with Crippen LogP contribution in [0.5, 0.6) is 0 Å². The molecule has 0 aromatic rings. The Morgan fingerprint density at radius 2 is 1.86 bits per heavy atom. The van der Waals surface area contributed by atoms with Crippen LogP contribution < -0.4 is 0 Å². The molecule has 82 valence electrons. The fourth-order valence-corrected chi connectivity index (χ4v) is 1.78. The normalized spacial score (nSPS) is 19.9. The lowest BCUT2D eigenvalue weighted by molar-refractivity contribution is -0.148. The summed E-state index contributed by atoms with van der Waals surface area (Å²) in [6, 6.07) is 0. The number of hydrogen-bond donors (Lipinski definition) is 0. The van der Waals surface area contributed by atoms with Crippen molar-refractivity contribution >= 4 is 5.91 Å². The molecule has 1 heterocycles. The van der Waals surface area contributed by atoms with Crippen LogP contribution in [-0.2, 0) is 4.79 Å². The van der Waals surface area contributed by atoms with E-state index in [0.29, 0.717) is 25.9 Å². The van der Waals surface area contributed by atoms with E-state index in [1.54, 1.807) is 4.90 Å². The predicted molar refractivity (Wildman–Crippen MR) is 45.7 cm³/mol. The molecule has 14 heavy (non-hydrogen) atoms. The highest BCUT2D eigenvalue weighted by Crippen LogP contribution is 2.30. The van der Waals surface area contributed by atoms with Gasteiger partial charge in [0.1, 0.15) is 0 Å². The third-order valence-electron chi connectivity index (χ3n) is 2.58. The Labute approximate surface area is 81.1 Å². The summed E-state index contributed by atoms with van der Waals surface area (Å²) < 4.78 is 36.0. The summed E-state index contributed by atoms with van der Waals surface area (Å²) in [6.07, 6.45) is -3.83. The average Bonchev–Trinajstić information content (AvgIpc) is 2.02. The standard InChI is InChI=1S/C9H14F3NO/c1-7(14)13-4-2-8(3-5-13)6-9(10,11)12/h8H,2-6H2,1H3. The minimum Gasteiger partial charge on any atom is -0.343 e. The van der Waals surface area contributed by atoms with E-state index in [9.17, 15) is 18.0 Å². The number of piperidine rings is 1. The van der Waals surface area contributed by atoms with Gasteiger partial charge in [-0.25, -0.2) is 0 Å². The first kappa shape index (κ1) is 11.3. The van der Waals surface area contributed by atoms with Crippen molar-refractivity contribution in [3.05, 3.63) is 0 Å². The number of amides is 1. The van der Waals surface area contributed by atoms with Crippen molar-refractivity contribution in [2.45, 2.75) is 32.4 Å². The number of alkyl halides is 3. The van der Waals surface area contributed by atoms with Gasteiger partial charge in [-0.15, -0.1) is 0 Å². The summed E-state index contributed by atoms with van der Waals surface area (Å²) in [5.74, 6) is -0.346. The number of likely N-dealkylation sites (tertiary alicyclic amines) is 1. The molecule has 0 aliphatic carbocycles. The first-order chi connectivity index (χ1) is 6.38. The number of carbonyl (C=O) groups excluding carboxylic acids is 1. The van der Waals surface area contributed by atoms with E-state index in [2.05, 4.69) is 0 Å². The Kier molecular flexibility index (Phi) is 3.39. The number of rotatable bonds is 1. The maximum absolute atomic E-state index is 12.0. The summed E-state index contributed by atoms with van der Waals surface area (Å²) in [7, 11) is 0. The minimum absolute atomic E-state index is 0.0459. The third-order valence-corrected chi connectivity index (χ3v) is 2.58. The molecule has 1 aliphatic rings. The van der Waals surface area contributed by atoms with Crippen molar-refractivity contribution in [2.24, 2.45) is 5.92 Å². The average molecular weight is 209 g/mol. The maximum Gasteiger partial charge on any atom is 0.389 e. The number of hydrogen-bond acceptors (Lipinski definition) is 1. The van der Waals surface area contributed by atoms with E-state index in [-0.39, 0.29) is 11.8 Å². The van der Waals surface area contributed by atoms with Gasteiger partial charge in [-0.1, -0.05) is 0 Å². The van der Waals surface area contributed by atoms with E-state index >= 15 is 0 Å². The van der Waals surface area contributed by atoms with Gasteiger partial charge in [-0.2, -0.15) is 13.2 Å². The highest BCUT2D eigenvalue weighted by molar-refractivity contribution is 5.73. The number of carbonyl (C=O) groups is 1. The van der Waals surface area contributed by atoms with Crippen molar-refractivity contribution in [3.63, 3.8) is 0 Å². The Balaban J connectivity index is 2.33. The summed E-state index contributed by atoms with van der Waals surface area (Å²) in [4.78, 5) is 12.5. The van der Waals surface area contributed by atoms with Crippen LogP contribution in [0.2, 0.25) is 0 Å². The van der Waals surface area contributed by atoms with Crippen LogP contribution in [0.4, 0.5) is 13.2 Å². The highest BCUT2D eigenvalue weighted by Gasteiger charge is 2.33. The van der Waals surface area contributed by atoms with Crippen LogP contribution in [0.3, 0.4) is 0 Å². The zero-order valence-electron chi connectivity index (χ0n) is 8.10. The van der Waals surface area contributed by atoms with Crippen molar-refractivity contribution in [1.29, 1.82) is 0 Å². The summed E-state index contributed by atoms with van der Waals surface area (Å²) in [5, 5.41) is 0. The molecule has 1 amide bonds. The molecule has 0 atom stereocenters.